The lowest BCUT2D eigenvalue weighted by molar-refractivity contribution is 0.0927. The number of amides is 2. The highest BCUT2D eigenvalue weighted by Crippen LogP contribution is 2.27. The van der Waals surface area contributed by atoms with E-state index in [0.717, 1.165) is 6.07 Å². The van der Waals surface area contributed by atoms with Gasteiger partial charge in [-0.3, -0.25) is 9.59 Å². The highest BCUT2D eigenvalue weighted by atomic mass is 16.5. The van der Waals surface area contributed by atoms with Crippen LogP contribution in [0.25, 0.3) is 0 Å². The first kappa shape index (κ1) is 18.9. The van der Waals surface area contributed by atoms with Gasteiger partial charge in [0.1, 0.15) is 11.5 Å². The zero-order chi connectivity index (χ0) is 19.1. The van der Waals surface area contributed by atoms with Crippen molar-refractivity contribution >= 4 is 11.8 Å². The van der Waals surface area contributed by atoms with Gasteiger partial charge in [0.05, 0.1) is 14.2 Å². The first-order chi connectivity index (χ1) is 12.4. The number of phenols is 2. The summed E-state index contributed by atoms with van der Waals surface area (Å²) in [5.41, 5.74) is 0.514. The van der Waals surface area contributed by atoms with Crippen LogP contribution in [0.4, 0.5) is 0 Å². The van der Waals surface area contributed by atoms with Gasteiger partial charge < -0.3 is 30.3 Å². The van der Waals surface area contributed by atoms with E-state index in [4.69, 9.17) is 9.47 Å². The molecule has 26 heavy (non-hydrogen) atoms. The number of phenolic OH excluding ortho intramolecular Hbond substituents is 2. The molecule has 0 atom stereocenters. The lowest BCUT2D eigenvalue weighted by Gasteiger charge is -2.10. The molecule has 2 aromatic rings. The molecule has 0 aromatic heterocycles. The Morgan fingerprint density at radius 3 is 1.88 bits per heavy atom. The van der Waals surface area contributed by atoms with Crippen LogP contribution in [0.1, 0.15) is 20.7 Å². The van der Waals surface area contributed by atoms with Gasteiger partial charge in [-0.05, 0) is 30.3 Å². The Labute approximate surface area is 150 Å². The van der Waals surface area contributed by atoms with Crippen molar-refractivity contribution < 1.29 is 29.3 Å². The Morgan fingerprint density at radius 2 is 1.35 bits per heavy atom. The molecule has 8 nitrogen and oxygen atoms in total. The van der Waals surface area contributed by atoms with Crippen LogP contribution in [-0.4, -0.2) is 49.3 Å². The molecule has 2 aromatic carbocycles. The minimum absolute atomic E-state index is 0.119. The maximum atomic E-state index is 12.1. The van der Waals surface area contributed by atoms with Crippen molar-refractivity contribution in [2.75, 3.05) is 27.3 Å². The van der Waals surface area contributed by atoms with E-state index in [1.165, 1.54) is 26.4 Å². The summed E-state index contributed by atoms with van der Waals surface area (Å²) >= 11 is 0. The molecule has 0 aliphatic carbocycles. The molecule has 0 spiro atoms. The number of hydrogen-bond acceptors (Lipinski definition) is 6. The lowest BCUT2D eigenvalue weighted by Crippen LogP contribution is -2.34. The fourth-order valence-corrected chi connectivity index (χ4v) is 2.26. The number of carbonyl (C=O) groups is 2. The number of carbonyl (C=O) groups excluding carboxylic acids is 2. The second kappa shape index (κ2) is 8.61. The van der Waals surface area contributed by atoms with Gasteiger partial charge in [0.2, 0.25) is 0 Å². The molecule has 2 amide bonds. The van der Waals surface area contributed by atoms with E-state index in [2.05, 4.69) is 10.6 Å². The summed E-state index contributed by atoms with van der Waals surface area (Å²) in [4.78, 5) is 24.1. The molecule has 2 rings (SSSR count). The monoisotopic (exact) mass is 360 g/mol. The highest BCUT2D eigenvalue weighted by Gasteiger charge is 2.11. The molecule has 0 unspecified atom stereocenters. The minimum Gasteiger partial charge on any atom is -0.508 e. The average Bonchev–Trinajstić information content (AvgIpc) is 2.63. The van der Waals surface area contributed by atoms with Crippen LogP contribution in [0.2, 0.25) is 0 Å². The second-order valence-corrected chi connectivity index (χ2v) is 5.32. The summed E-state index contributed by atoms with van der Waals surface area (Å²) in [5, 5.41) is 24.0. The van der Waals surface area contributed by atoms with Crippen LogP contribution in [0.5, 0.6) is 23.0 Å². The van der Waals surface area contributed by atoms with Gasteiger partial charge in [-0.1, -0.05) is 0 Å². The van der Waals surface area contributed by atoms with E-state index in [9.17, 15) is 19.8 Å². The van der Waals surface area contributed by atoms with E-state index in [1.807, 2.05) is 0 Å². The molecule has 0 aliphatic rings. The fourth-order valence-electron chi connectivity index (χ4n) is 2.26. The summed E-state index contributed by atoms with van der Waals surface area (Å²) in [5.74, 6) is -0.261. The predicted octanol–water partition coefficient (Wildman–Crippen LogP) is 1.27. The quantitative estimate of drug-likeness (QED) is 0.553. The minimum atomic E-state index is -0.475. The van der Waals surface area contributed by atoms with E-state index in [-0.39, 0.29) is 36.1 Å². The molecule has 0 bridgehead atoms. The summed E-state index contributed by atoms with van der Waals surface area (Å²) in [7, 11) is 2.99. The Morgan fingerprint density at radius 1 is 0.808 bits per heavy atom. The summed E-state index contributed by atoms with van der Waals surface area (Å²) in [6, 6.07) is 8.38. The van der Waals surface area contributed by atoms with Crippen molar-refractivity contribution in [3.05, 3.63) is 47.5 Å². The highest BCUT2D eigenvalue weighted by molar-refractivity contribution is 5.96. The Bertz CT molecular complexity index is 786. The lowest BCUT2D eigenvalue weighted by atomic mass is 10.2. The maximum absolute atomic E-state index is 12.1. The number of methoxy groups -OCH3 is 2. The number of ether oxygens (including phenoxy) is 2. The van der Waals surface area contributed by atoms with Crippen molar-refractivity contribution in [3.63, 3.8) is 0 Å². The van der Waals surface area contributed by atoms with Crippen LogP contribution in [0.3, 0.4) is 0 Å². The molecule has 4 N–H and O–H groups in total. The zero-order valence-corrected chi connectivity index (χ0v) is 14.4. The van der Waals surface area contributed by atoms with Crippen molar-refractivity contribution in [2.45, 2.75) is 0 Å². The van der Waals surface area contributed by atoms with Gasteiger partial charge in [-0.25, -0.2) is 0 Å². The third-order valence-electron chi connectivity index (χ3n) is 3.51. The van der Waals surface area contributed by atoms with Crippen molar-refractivity contribution in [1.82, 2.24) is 10.6 Å². The number of rotatable bonds is 7. The van der Waals surface area contributed by atoms with Crippen molar-refractivity contribution in [2.24, 2.45) is 0 Å². The number of nitrogens with one attached hydrogen (secondary N) is 2. The fraction of sp³-hybridized carbons (Fsp3) is 0.222. The largest absolute Gasteiger partial charge is 0.508 e. The standard InChI is InChI=1S/C18H20N2O6/c1-25-15-4-3-11(9-16(15)26-2)17(23)19-5-6-20-18(24)12-7-13(21)10-14(22)8-12/h3-4,7-10,21-22H,5-6H2,1-2H3,(H,19,23)(H,20,24). The number of aromatic hydroxyl groups is 2. The van der Waals surface area contributed by atoms with Gasteiger partial charge in [0.25, 0.3) is 11.8 Å². The van der Waals surface area contributed by atoms with Gasteiger partial charge in [0, 0.05) is 30.3 Å². The molecule has 0 saturated carbocycles. The molecular formula is C18H20N2O6. The Balaban J connectivity index is 1.85. The summed E-state index contributed by atoms with van der Waals surface area (Å²) in [6.07, 6.45) is 0. The Kier molecular flexibility index (Phi) is 6.26. The first-order valence-electron chi connectivity index (χ1n) is 7.76. The van der Waals surface area contributed by atoms with Gasteiger partial charge >= 0.3 is 0 Å². The first-order valence-corrected chi connectivity index (χ1v) is 7.76. The predicted molar refractivity (Wildman–Crippen MR) is 94.0 cm³/mol. The van der Waals surface area contributed by atoms with Crippen LogP contribution < -0.4 is 20.1 Å². The second-order valence-electron chi connectivity index (χ2n) is 5.32. The molecular weight excluding hydrogens is 340 g/mol. The van der Waals surface area contributed by atoms with Gasteiger partial charge in [-0.15, -0.1) is 0 Å². The zero-order valence-electron chi connectivity index (χ0n) is 14.4. The molecule has 138 valence electrons. The molecule has 0 saturated heterocycles. The van der Waals surface area contributed by atoms with E-state index < -0.39 is 5.91 Å². The van der Waals surface area contributed by atoms with E-state index in [0.29, 0.717) is 17.1 Å². The SMILES string of the molecule is COc1ccc(C(=O)NCCNC(=O)c2cc(O)cc(O)c2)cc1OC. The van der Waals surface area contributed by atoms with Crippen LogP contribution in [-0.2, 0) is 0 Å². The van der Waals surface area contributed by atoms with E-state index >= 15 is 0 Å². The van der Waals surface area contributed by atoms with Crippen LogP contribution >= 0.6 is 0 Å². The van der Waals surface area contributed by atoms with Gasteiger partial charge in [-0.2, -0.15) is 0 Å². The molecule has 0 heterocycles. The molecule has 0 aliphatic heterocycles. The van der Waals surface area contributed by atoms with Crippen LogP contribution in [0, 0.1) is 0 Å². The van der Waals surface area contributed by atoms with Crippen molar-refractivity contribution in [3.8, 4) is 23.0 Å². The summed E-state index contributed by atoms with van der Waals surface area (Å²) < 4.78 is 10.3. The Hall–Kier alpha value is -3.42. The van der Waals surface area contributed by atoms with E-state index in [1.54, 1.807) is 18.2 Å². The van der Waals surface area contributed by atoms with Gasteiger partial charge in [0.15, 0.2) is 11.5 Å². The summed E-state index contributed by atoms with van der Waals surface area (Å²) in [6.45, 7) is 0.373. The topological polar surface area (TPSA) is 117 Å². The van der Waals surface area contributed by atoms with Crippen LogP contribution in [0.15, 0.2) is 36.4 Å². The normalized spacial score (nSPS) is 10.1. The number of benzene rings is 2. The molecule has 0 fully saturated rings. The maximum Gasteiger partial charge on any atom is 0.251 e. The third kappa shape index (κ3) is 4.79. The third-order valence-corrected chi connectivity index (χ3v) is 3.51. The molecule has 0 radical (unpaired) electrons. The smallest absolute Gasteiger partial charge is 0.251 e. The number of hydrogen-bond donors (Lipinski definition) is 4. The molecule has 8 heteroatoms. The average molecular weight is 360 g/mol. The van der Waals surface area contributed by atoms with Crippen molar-refractivity contribution in [1.29, 1.82) is 0 Å².